The average Bonchev–Trinajstić information content (AvgIpc) is 2.54. The minimum Gasteiger partial charge on any atom is -0.489 e. The molecule has 2 rings (SSSR count). The van der Waals surface area contributed by atoms with Gasteiger partial charge >= 0.3 is 0 Å². The molecule has 0 unspecified atom stereocenters. The van der Waals surface area contributed by atoms with Crippen LogP contribution in [-0.4, -0.2) is 20.1 Å². The Bertz CT molecular complexity index is 575. The topological polar surface area (TPSA) is 33.3 Å². The van der Waals surface area contributed by atoms with Crippen LogP contribution in [0.1, 0.15) is 17.5 Å². The summed E-state index contributed by atoms with van der Waals surface area (Å²) in [6.07, 6.45) is 1.12. The summed E-state index contributed by atoms with van der Waals surface area (Å²) in [6.45, 7) is 3.38. The highest BCUT2D eigenvalue weighted by atomic mass is 35.5. The Morgan fingerprint density at radius 3 is 2.73 bits per heavy atom. The molecule has 0 aliphatic heterocycles. The lowest BCUT2D eigenvalue weighted by atomic mass is 10.2. The van der Waals surface area contributed by atoms with E-state index in [2.05, 4.69) is 22.8 Å². The first-order chi connectivity index (χ1) is 10.8. The standard InChI is InChI=1S/C18H23ClN2O/c1-20-10-5-11-21-13-15-6-4-8-17(12-15)22-14-16-7-2-3-9-18(16)19/h2-4,6-9,12,20-21H,5,10-11,13-14H2,1H3. The van der Waals surface area contributed by atoms with Gasteiger partial charge in [0.25, 0.3) is 0 Å². The van der Waals surface area contributed by atoms with Crippen LogP contribution in [0.3, 0.4) is 0 Å². The van der Waals surface area contributed by atoms with E-state index < -0.39 is 0 Å². The molecule has 2 aromatic carbocycles. The summed E-state index contributed by atoms with van der Waals surface area (Å²) in [4.78, 5) is 0. The van der Waals surface area contributed by atoms with Gasteiger partial charge in [0.05, 0.1) is 0 Å². The van der Waals surface area contributed by atoms with E-state index in [0.717, 1.165) is 42.4 Å². The molecule has 0 aliphatic carbocycles. The Kier molecular flexibility index (Phi) is 7.23. The highest BCUT2D eigenvalue weighted by Crippen LogP contribution is 2.19. The predicted octanol–water partition coefficient (Wildman–Crippen LogP) is 3.62. The highest BCUT2D eigenvalue weighted by Gasteiger charge is 2.01. The number of benzene rings is 2. The van der Waals surface area contributed by atoms with Crippen molar-refractivity contribution < 1.29 is 4.74 Å². The van der Waals surface area contributed by atoms with Crippen LogP contribution in [0, 0.1) is 0 Å². The summed E-state index contributed by atoms with van der Waals surface area (Å²) in [5.74, 6) is 0.870. The lowest BCUT2D eigenvalue weighted by Gasteiger charge is -2.10. The van der Waals surface area contributed by atoms with E-state index in [1.54, 1.807) is 0 Å². The van der Waals surface area contributed by atoms with Gasteiger partial charge in [-0.05, 0) is 50.3 Å². The Hall–Kier alpha value is -1.55. The van der Waals surface area contributed by atoms with Crippen molar-refractivity contribution in [3.8, 4) is 5.75 Å². The zero-order valence-corrected chi connectivity index (χ0v) is 13.7. The average molecular weight is 319 g/mol. The van der Waals surface area contributed by atoms with Gasteiger partial charge in [-0.1, -0.05) is 41.9 Å². The van der Waals surface area contributed by atoms with E-state index in [4.69, 9.17) is 16.3 Å². The van der Waals surface area contributed by atoms with Gasteiger partial charge < -0.3 is 15.4 Å². The lowest BCUT2D eigenvalue weighted by Crippen LogP contribution is -2.19. The van der Waals surface area contributed by atoms with E-state index in [0.29, 0.717) is 6.61 Å². The van der Waals surface area contributed by atoms with Gasteiger partial charge in [-0.3, -0.25) is 0 Å². The quantitative estimate of drug-likeness (QED) is 0.693. The minimum absolute atomic E-state index is 0.485. The second-order valence-corrected chi connectivity index (χ2v) is 5.57. The van der Waals surface area contributed by atoms with Crippen molar-refractivity contribution in [1.29, 1.82) is 0 Å². The summed E-state index contributed by atoms with van der Waals surface area (Å²) in [5, 5.41) is 7.31. The Morgan fingerprint density at radius 2 is 1.91 bits per heavy atom. The lowest BCUT2D eigenvalue weighted by molar-refractivity contribution is 0.306. The number of ether oxygens (including phenoxy) is 1. The second-order valence-electron chi connectivity index (χ2n) is 5.16. The number of halogens is 1. The van der Waals surface area contributed by atoms with E-state index >= 15 is 0 Å². The first-order valence-corrected chi connectivity index (χ1v) is 7.98. The molecule has 0 aliphatic rings. The van der Waals surface area contributed by atoms with E-state index in [-0.39, 0.29) is 0 Å². The van der Waals surface area contributed by atoms with Crippen LogP contribution in [0.5, 0.6) is 5.75 Å². The molecular weight excluding hydrogens is 296 g/mol. The van der Waals surface area contributed by atoms with Crippen LogP contribution >= 0.6 is 11.6 Å². The molecule has 0 amide bonds. The fourth-order valence-corrected chi connectivity index (χ4v) is 2.33. The number of rotatable bonds is 9. The Morgan fingerprint density at radius 1 is 1.05 bits per heavy atom. The molecule has 0 atom stereocenters. The van der Waals surface area contributed by atoms with E-state index in [1.807, 2.05) is 43.4 Å². The van der Waals surface area contributed by atoms with E-state index in [1.165, 1.54) is 5.56 Å². The van der Waals surface area contributed by atoms with Gasteiger partial charge in [-0.15, -0.1) is 0 Å². The number of hydrogen-bond donors (Lipinski definition) is 2. The Labute approximate surface area is 137 Å². The van der Waals surface area contributed by atoms with Gasteiger partial charge in [0, 0.05) is 17.1 Å². The maximum absolute atomic E-state index is 6.14. The molecule has 118 valence electrons. The molecule has 2 aromatic rings. The third-order valence-electron chi connectivity index (χ3n) is 3.36. The molecule has 22 heavy (non-hydrogen) atoms. The monoisotopic (exact) mass is 318 g/mol. The zero-order chi connectivity index (χ0) is 15.6. The van der Waals surface area contributed by atoms with Crippen molar-refractivity contribution in [2.45, 2.75) is 19.6 Å². The van der Waals surface area contributed by atoms with Crippen LogP contribution in [-0.2, 0) is 13.2 Å². The zero-order valence-electron chi connectivity index (χ0n) is 12.9. The summed E-state index contributed by atoms with van der Waals surface area (Å²) in [7, 11) is 1.97. The minimum atomic E-state index is 0.485. The Balaban J connectivity index is 1.82. The first-order valence-electron chi connectivity index (χ1n) is 7.60. The van der Waals surface area contributed by atoms with Crippen LogP contribution in [0.2, 0.25) is 5.02 Å². The fourth-order valence-electron chi connectivity index (χ4n) is 2.14. The van der Waals surface area contributed by atoms with Crippen molar-refractivity contribution in [2.24, 2.45) is 0 Å². The van der Waals surface area contributed by atoms with Crippen molar-refractivity contribution in [1.82, 2.24) is 10.6 Å². The molecule has 0 aromatic heterocycles. The summed E-state index contributed by atoms with van der Waals surface area (Å²) >= 11 is 6.14. The van der Waals surface area contributed by atoms with Crippen LogP contribution in [0.25, 0.3) is 0 Å². The van der Waals surface area contributed by atoms with Gasteiger partial charge in [-0.2, -0.15) is 0 Å². The summed E-state index contributed by atoms with van der Waals surface area (Å²) < 4.78 is 5.84. The predicted molar refractivity (Wildman–Crippen MR) is 92.5 cm³/mol. The number of nitrogens with one attached hydrogen (secondary N) is 2. The largest absolute Gasteiger partial charge is 0.489 e. The fraction of sp³-hybridized carbons (Fsp3) is 0.333. The van der Waals surface area contributed by atoms with Gasteiger partial charge in [-0.25, -0.2) is 0 Å². The van der Waals surface area contributed by atoms with Gasteiger partial charge in [0.2, 0.25) is 0 Å². The third-order valence-corrected chi connectivity index (χ3v) is 3.73. The molecule has 0 fully saturated rings. The molecule has 0 bridgehead atoms. The second kappa shape index (κ2) is 9.46. The van der Waals surface area contributed by atoms with Crippen LogP contribution in [0.4, 0.5) is 0 Å². The van der Waals surface area contributed by atoms with Crippen molar-refractivity contribution >= 4 is 11.6 Å². The smallest absolute Gasteiger partial charge is 0.120 e. The van der Waals surface area contributed by atoms with Crippen molar-refractivity contribution in [3.05, 3.63) is 64.7 Å². The molecular formula is C18H23ClN2O. The third kappa shape index (κ3) is 5.68. The van der Waals surface area contributed by atoms with Gasteiger partial charge in [0.15, 0.2) is 0 Å². The van der Waals surface area contributed by atoms with Crippen LogP contribution in [0.15, 0.2) is 48.5 Å². The molecule has 0 heterocycles. The molecule has 3 nitrogen and oxygen atoms in total. The first kappa shape index (κ1) is 16.8. The normalized spacial score (nSPS) is 10.6. The maximum atomic E-state index is 6.14. The van der Waals surface area contributed by atoms with Crippen LogP contribution < -0.4 is 15.4 Å². The summed E-state index contributed by atoms with van der Waals surface area (Å²) in [5.41, 5.74) is 2.22. The number of hydrogen-bond acceptors (Lipinski definition) is 3. The van der Waals surface area contributed by atoms with E-state index in [9.17, 15) is 0 Å². The molecule has 2 N–H and O–H groups in total. The van der Waals surface area contributed by atoms with Crippen molar-refractivity contribution in [2.75, 3.05) is 20.1 Å². The maximum Gasteiger partial charge on any atom is 0.120 e. The molecule has 4 heteroatoms. The van der Waals surface area contributed by atoms with Crippen molar-refractivity contribution in [3.63, 3.8) is 0 Å². The molecule has 0 saturated carbocycles. The summed E-state index contributed by atoms with van der Waals surface area (Å²) in [6, 6.07) is 15.9. The molecule has 0 spiro atoms. The molecule has 0 saturated heterocycles. The molecule has 0 radical (unpaired) electrons. The highest BCUT2D eigenvalue weighted by molar-refractivity contribution is 6.31. The van der Waals surface area contributed by atoms with Gasteiger partial charge in [0.1, 0.15) is 12.4 Å². The SMILES string of the molecule is CNCCCNCc1cccc(OCc2ccccc2Cl)c1.